The van der Waals surface area contributed by atoms with E-state index in [1.807, 2.05) is 29.2 Å². The lowest BCUT2D eigenvalue weighted by atomic mass is 10.1. The van der Waals surface area contributed by atoms with E-state index in [4.69, 9.17) is 5.73 Å². The zero-order valence-corrected chi connectivity index (χ0v) is 16.6. The maximum Gasteiger partial charge on any atom is 0.274 e. The Morgan fingerprint density at radius 2 is 2.07 bits per heavy atom. The van der Waals surface area contributed by atoms with Crippen LogP contribution in [0.15, 0.2) is 36.9 Å². The maximum absolute atomic E-state index is 12.7. The normalized spacial score (nSPS) is 18.9. The highest BCUT2D eigenvalue weighted by Gasteiger charge is 2.24. The number of carbonyl (C=O) groups is 1. The van der Waals surface area contributed by atoms with Crippen molar-refractivity contribution in [2.45, 2.75) is 37.8 Å². The molecule has 0 spiro atoms. The van der Waals surface area contributed by atoms with Crippen molar-refractivity contribution >= 4 is 11.7 Å². The summed E-state index contributed by atoms with van der Waals surface area (Å²) in [7, 11) is 0. The molecular weight excluding hydrogens is 380 g/mol. The van der Waals surface area contributed by atoms with Crippen molar-refractivity contribution in [3.63, 3.8) is 0 Å². The first-order valence-electron chi connectivity index (χ1n) is 10.3. The van der Waals surface area contributed by atoms with Crippen molar-refractivity contribution in [3.05, 3.63) is 42.6 Å². The van der Waals surface area contributed by atoms with E-state index in [0.717, 1.165) is 42.8 Å². The highest BCUT2D eigenvalue weighted by molar-refractivity contribution is 5.97. The average molecular weight is 404 g/mol. The molecule has 1 atom stereocenters. The minimum absolute atomic E-state index is 0.0756. The molecule has 0 radical (unpaired) electrons. The van der Waals surface area contributed by atoms with Gasteiger partial charge in [-0.2, -0.15) is 5.10 Å². The van der Waals surface area contributed by atoms with Crippen molar-refractivity contribution in [2.24, 2.45) is 0 Å². The first-order chi connectivity index (χ1) is 14.7. The molecule has 1 saturated carbocycles. The number of nitrogens with two attached hydrogens (primary N) is 1. The van der Waals surface area contributed by atoms with Crippen molar-refractivity contribution in [1.82, 2.24) is 35.4 Å². The number of piperidine rings is 1. The molecule has 3 aromatic rings. The van der Waals surface area contributed by atoms with Gasteiger partial charge in [0.2, 0.25) is 0 Å². The number of anilines is 1. The third-order valence-electron chi connectivity index (χ3n) is 5.52. The summed E-state index contributed by atoms with van der Waals surface area (Å²) < 4.78 is 2.00. The Morgan fingerprint density at radius 1 is 1.17 bits per heavy atom. The molecule has 3 aromatic heterocycles. The van der Waals surface area contributed by atoms with Crippen LogP contribution in [0, 0.1) is 0 Å². The minimum Gasteiger partial charge on any atom is -0.382 e. The largest absolute Gasteiger partial charge is 0.382 e. The molecule has 2 aliphatic rings. The molecule has 5 rings (SSSR count). The zero-order chi connectivity index (χ0) is 20.5. The van der Waals surface area contributed by atoms with E-state index in [9.17, 15) is 4.79 Å². The fourth-order valence-corrected chi connectivity index (χ4v) is 3.69. The van der Waals surface area contributed by atoms with Gasteiger partial charge in [-0.25, -0.2) is 9.97 Å². The average Bonchev–Trinajstić information content (AvgIpc) is 3.51. The van der Waals surface area contributed by atoms with Crippen LogP contribution in [0.5, 0.6) is 0 Å². The summed E-state index contributed by atoms with van der Waals surface area (Å²) >= 11 is 0. The number of hydrogen-bond acceptors (Lipinski definition) is 7. The standard InChI is InChI=1S/C21H24N8O/c22-20-19(21(30)27-15-2-1-6-23-10-15)28-18(11-25-20)13-5-7-24-17(8-13)14-9-26-29(12-14)16-3-4-16/h5,7-9,11-12,15-16,23H,1-4,6,10H2,(H2,22,25)(H,27,30)/t15-/m0/s1. The lowest BCUT2D eigenvalue weighted by Gasteiger charge is -2.23. The summed E-state index contributed by atoms with van der Waals surface area (Å²) in [6.07, 6.45) is 11.5. The summed E-state index contributed by atoms with van der Waals surface area (Å²) in [5, 5.41) is 10.7. The van der Waals surface area contributed by atoms with Crippen molar-refractivity contribution in [3.8, 4) is 22.5 Å². The smallest absolute Gasteiger partial charge is 0.274 e. The van der Waals surface area contributed by atoms with E-state index < -0.39 is 0 Å². The van der Waals surface area contributed by atoms with Gasteiger partial charge in [-0.3, -0.25) is 14.5 Å². The van der Waals surface area contributed by atoms with Crippen LogP contribution in [0.1, 0.15) is 42.2 Å². The van der Waals surface area contributed by atoms with Crippen LogP contribution in [-0.2, 0) is 0 Å². The molecule has 154 valence electrons. The first-order valence-corrected chi connectivity index (χ1v) is 10.3. The number of hydrogen-bond donors (Lipinski definition) is 3. The molecule has 2 fully saturated rings. The summed E-state index contributed by atoms with van der Waals surface area (Å²) in [6.45, 7) is 1.73. The van der Waals surface area contributed by atoms with Crippen LogP contribution in [0.4, 0.5) is 5.82 Å². The minimum atomic E-state index is -0.296. The van der Waals surface area contributed by atoms with Gasteiger partial charge in [0.1, 0.15) is 0 Å². The zero-order valence-electron chi connectivity index (χ0n) is 16.6. The van der Waals surface area contributed by atoms with Gasteiger partial charge in [0.05, 0.1) is 29.8 Å². The topological polar surface area (TPSA) is 124 Å². The number of nitrogens with one attached hydrogen (secondary N) is 2. The van der Waals surface area contributed by atoms with Gasteiger partial charge >= 0.3 is 0 Å². The van der Waals surface area contributed by atoms with E-state index in [1.165, 1.54) is 12.8 Å². The predicted molar refractivity (Wildman–Crippen MR) is 113 cm³/mol. The summed E-state index contributed by atoms with van der Waals surface area (Å²) in [4.78, 5) is 25.9. The molecule has 4 N–H and O–H groups in total. The molecule has 4 heterocycles. The van der Waals surface area contributed by atoms with Gasteiger partial charge in [-0.1, -0.05) is 0 Å². The Kier molecular flexibility index (Phi) is 4.88. The number of amides is 1. The molecule has 1 aliphatic heterocycles. The Bertz CT molecular complexity index is 1070. The molecule has 9 heteroatoms. The van der Waals surface area contributed by atoms with Crippen molar-refractivity contribution in [2.75, 3.05) is 18.8 Å². The number of carbonyl (C=O) groups excluding carboxylic acids is 1. The number of nitrogen functional groups attached to an aromatic ring is 1. The number of pyridine rings is 1. The summed E-state index contributed by atoms with van der Waals surface area (Å²) in [5.74, 6) is -0.171. The number of rotatable bonds is 5. The van der Waals surface area contributed by atoms with E-state index >= 15 is 0 Å². The van der Waals surface area contributed by atoms with Crippen molar-refractivity contribution < 1.29 is 4.79 Å². The second kappa shape index (κ2) is 7.83. The highest BCUT2D eigenvalue weighted by Crippen LogP contribution is 2.35. The first kappa shape index (κ1) is 18.7. The second-order valence-corrected chi connectivity index (χ2v) is 7.88. The fraction of sp³-hybridized carbons (Fsp3) is 0.381. The lowest BCUT2D eigenvalue weighted by molar-refractivity contribution is 0.0926. The summed E-state index contributed by atoms with van der Waals surface area (Å²) in [5.41, 5.74) is 9.26. The van der Waals surface area contributed by atoms with Gasteiger partial charge in [0.15, 0.2) is 11.5 Å². The Morgan fingerprint density at radius 3 is 2.87 bits per heavy atom. The van der Waals surface area contributed by atoms with Gasteiger partial charge < -0.3 is 16.4 Å². The fourth-order valence-electron chi connectivity index (χ4n) is 3.69. The molecule has 30 heavy (non-hydrogen) atoms. The van der Waals surface area contributed by atoms with E-state index in [1.54, 1.807) is 12.4 Å². The molecule has 1 aliphatic carbocycles. The van der Waals surface area contributed by atoms with Gasteiger partial charge in [-0.15, -0.1) is 0 Å². The molecule has 0 unspecified atom stereocenters. The Labute approximate surface area is 174 Å². The molecule has 0 aromatic carbocycles. The highest BCUT2D eigenvalue weighted by atomic mass is 16.2. The predicted octanol–water partition coefficient (Wildman–Crippen LogP) is 1.80. The lowest BCUT2D eigenvalue weighted by Crippen LogP contribution is -2.46. The monoisotopic (exact) mass is 404 g/mol. The number of aromatic nitrogens is 5. The molecule has 9 nitrogen and oxygen atoms in total. The molecular formula is C21H24N8O. The van der Waals surface area contributed by atoms with Crippen LogP contribution >= 0.6 is 0 Å². The van der Waals surface area contributed by atoms with Crippen LogP contribution in [0.2, 0.25) is 0 Å². The Balaban J connectivity index is 1.39. The van der Waals surface area contributed by atoms with Gasteiger partial charge in [0.25, 0.3) is 5.91 Å². The van der Waals surface area contributed by atoms with Crippen LogP contribution in [0.3, 0.4) is 0 Å². The van der Waals surface area contributed by atoms with Gasteiger partial charge in [-0.05, 0) is 44.4 Å². The summed E-state index contributed by atoms with van der Waals surface area (Å²) in [6, 6.07) is 4.38. The quantitative estimate of drug-likeness (QED) is 0.592. The molecule has 1 saturated heterocycles. The van der Waals surface area contributed by atoms with Crippen LogP contribution in [-0.4, -0.2) is 49.8 Å². The van der Waals surface area contributed by atoms with Crippen molar-refractivity contribution in [1.29, 1.82) is 0 Å². The van der Waals surface area contributed by atoms with E-state index in [0.29, 0.717) is 11.7 Å². The Hall–Kier alpha value is -3.33. The number of nitrogens with zero attached hydrogens (tertiary/aromatic N) is 5. The van der Waals surface area contributed by atoms with Crippen LogP contribution < -0.4 is 16.4 Å². The molecule has 1 amide bonds. The van der Waals surface area contributed by atoms with Crippen LogP contribution in [0.25, 0.3) is 22.5 Å². The third kappa shape index (κ3) is 3.88. The van der Waals surface area contributed by atoms with Gasteiger partial charge in [0, 0.05) is 36.1 Å². The van der Waals surface area contributed by atoms with E-state index in [-0.39, 0.29) is 23.5 Å². The SMILES string of the molecule is Nc1ncc(-c2ccnc(-c3cnn(C4CC4)c3)c2)nc1C(=O)N[C@H]1CCCNC1. The molecule has 0 bridgehead atoms. The third-order valence-corrected chi connectivity index (χ3v) is 5.52. The maximum atomic E-state index is 12.7. The van der Waals surface area contributed by atoms with E-state index in [2.05, 4.69) is 30.7 Å². The second-order valence-electron chi connectivity index (χ2n) is 7.88.